The van der Waals surface area contributed by atoms with Crippen molar-refractivity contribution in [1.82, 2.24) is 0 Å². The molecule has 1 N–H and O–H groups in total. The highest BCUT2D eigenvalue weighted by Gasteiger charge is 2.33. The van der Waals surface area contributed by atoms with E-state index in [1.54, 1.807) is 12.1 Å². The lowest BCUT2D eigenvalue weighted by molar-refractivity contribution is 0.0758. The Morgan fingerprint density at radius 2 is 1.95 bits per heavy atom. The molecular weight excluding hydrogens is 265 g/mol. The highest BCUT2D eigenvalue weighted by atomic mass is 19.1. The lowest BCUT2D eigenvalue weighted by Gasteiger charge is -2.38. The van der Waals surface area contributed by atoms with Gasteiger partial charge in [-0.3, -0.25) is 0 Å². The zero-order valence-corrected chi connectivity index (χ0v) is 12.6. The number of hydrogen-bond acceptors (Lipinski definition) is 2. The van der Waals surface area contributed by atoms with Gasteiger partial charge < -0.3 is 10.1 Å². The number of rotatable bonds is 2. The van der Waals surface area contributed by atoms with E-state index < -0.39 is 0 Å². The number of hydrogen-bond donors (Lipinski definition) is 1. The molecule has 2 aromatic carbocycles. The second kappa shape index (κ2) is 5.06. The Hall–Kier alpha value is -2.03. The molecule has 0 aromatic heterocycles. The van der Waals surface area contributed by atoms with Gasteiger partial charge in [0.25, 0.3) is 0 Å². The van der Waals surface area contributed by atoms with Crippen molar-refractivity contribution in [3.63, 3.8) is 0 Å². The van der Waals surface area contributed by atoms with Crippen LogP contribution in [0.2, 0.25) is 0 Å². The normalized spacial score (nSPS) is 19.5. The van der Waals surface area contributed by atoms with Crippen LogP contribution in [0.3, 0.4) is 0 Å². The number of halogens is 1. The molecule has 0 fully saturated rings. The van der Waals surface area contributed by atoms with E-state index in [1.807, 2.05) is 37.3 Å². The van der Waals surface area contributed by atoms with Gasteiger partial charge in [-0.15, -0.1) is 0 Å². The monoisotopic (exact) mass is 285 g/mol. The molecular formula is C18H20FNO. The first-order chi connectivity index (χ1) is 9.94. The van der Waals surface area contributed by atoms with Gasteiger partial charge in [-0.2, -0.15) is 0 Å². The fourth-order valence-corrected chi connectivity index (χ4v) is 2.86. The highest BCUT2D eigenvalue weighted by molar-refractivity contribution is 5.51. The molecule has 0 saturated heterocycles. The minimum absolute atomic E-state index is 0.0437. The zero-order valence-electron chi connectivity index (χ0n) is 12.6. The quantitative estimate of drug-likeness (QED) is 0.851. The number of benzene rings is 2. The second-order valence-electron chi connectivity index (χ2n) is 6.28. The average Bonchev–Trinajstić information content (AvgIpc) is 2.40. The Labute approximate surface area is 125 Å². The number of ether oxygens (including phenoxy) is 1. The van der Waals surface area contributed by atoms with Crippen LogP contribution in [-0.4, -0.2) is 5.60 Å². The molecule has 3 heteroatoms. The van der Waals surface area contributed by atoms with Gasteiger partial charge in [-0.1, -0.05) is 24.3 Å². The molecule has 21 heavy (non-hydrogen) atoms. The van der Waals surface area contributed by atoms with Crippen LogP contribution in [0, 0.1) is 12.7 Å². The summed E-state index contributed by atoms with van der Waals surface area (Å²) in [4.78, 5) is 0. The Bertz CT molecular complexity index is 666. The molecule has 0 radical (unpaired) electrons. The van der Waals surface area contributed by atoms with Crippen molar-refractivity contribution in [3.05, 3.63) is 59.4 Å². The third-order valence-corrected chi connectivity index (χ3v) is 3.83. The van der Waals surface area contributed by atoms with E-state index in [4.69, 9.17) is 4.74 Å². The first kappa shape index (κ1) is 13.9. The SMILES string of the molecule is Cc1ccc(NC2CC(C)(C)Oc3ccccc32)c(F)c1. The average molecular weight is 285 g/mol. The highest BCUT2D eigenvalue weighted by Crippen LogP contribution is 2.41. The predicted molar refractivity (Wildman–Crippen MR) is 83.3 cm³/mol. The molecule has 1 unspecified atom stereocenters. The van der Waals surface area contributed by atoms with Crippen LogP contribution < -0.4 is 10.1 Å². The maximum absolute atomic E-state index is 14.1. The number of para-hydroxylation sites is 1. The van der Waals surface area contributed by atoms with E-state index in [-0.39, 0.29) is 17.5 Å². The summed E-state index contributed by atoms with van der Waals surface area (Å²) in [6, 6.07) is 13.3. The van der Waals surface area contributed by atoms with Crippen molar-refractivity contribution in [2.75, 3.05) is 5.32 Å². The second-order valence-corrected chi connectivity index (χ2v) is 6.28. The van der Waals surface area contributed by atoms with Crippen molar-refractivity contribution in [1.29, 1.82) is 0 Å². The standard InChI is InChI=1S/C18H20FNO/c1-12-8-9-15(14(19)10-12)20-16-11-18(2,3)21-17-7-5-4-6-13(16)17/h4-10,16,20H,11H2,1-3H3. The maximum atomic E-state index is 14.1. The fraction of sp³-hybridized carbons (Fsp3) is 0.333. The Morgan fingerprint density at radius 1 is 1.19 bits per heavy atom. The zero-order chi connectivity index (χ0) is 15.0. The third-order valence-electron chi connectivity index (χ3n) is 3.83. The van der Waals surface area contributed by atoms with Crippen molar-refractivity contribution in [3.8, 4) is 5.75 Å². The molecule has 110 valence electrons. The smallest absolute Gasteiger partial charge is 0.146 e. The number of anilines is 1. The van der Waals surface area contributed by atoms with Gasteiger partial charge in [0.05, 0.1) is 11.7 Å². The molecule has 1 aliphatic rings. The van der Waals surface area contributed by atoms with Crippen LogP contribution >= 0.6 is 0 Å². The lowest BCUT2D eigenvalue weighted by Crippen LogP contribution is -2.37. The van der Waals surface area contributed by atoms with E-state index in [0.29, 0.717) is 5.69 Å². The van der Waals surface area contributed by atoms with Gasteiger partial charge in [-0.05, 0) is 44.5 Å². The van der Waals surface area contributed by atoms with Crippen LogP contribution in [0.5, 0.6) is 5.75 Å². The summed E-state index contributed by atoms with van der Waals surface area (Å²) in [5.41, 5.74) is 2.27. The van der Waals surface area contributed by atoms with Crippen molar-refractivity contribution < 1.29 is 9.13 Å². The molecule has 0 bridgehead atoms. The van der Waals surface area contributed by atoms with Gasteiger partial charge in [0.1, 0.15) is 17.2 Å². The fourth-order valence-electron chi connectivity index (χ4n) is 2.86. The molecule has 2 nitrogen and oxygen atoms in total. The number of nitrogens with one attached hydrogen (secondary N) is 1. The minimum Gasteiger partial charge on any atom is -0.487 e. The van der Waals surface area contributed by atoms with Gasteiger partial charge in [0, 0.05) is 12.0 Å². The predicted octanol–water partition coefficient (Wildman–Crippen LogP) is 4.85. The molecule has 3 rings (SSSR count). The number of aryl methyl sites for hydroxylation is 1. The van der Waals surface area contributed by atoms with Crippen LogP contribution in [0.1, 0.15) is 37.4 Å². The van der Waals surface area contributed by atoms with E-state index >= 15 is 0 Å². The van der Waals surface area contributed by atoms with Crippen molar-refractivity contribution >= 4 is 5.69 Å². The molecule has 2 aromatic rings. The largest absolute Gasteiger partial charge is 0.487 e. The molecule has 1 aliphatic heterocycles. The molecule has 0 aliphatic carbocycles. The summed E-state index contributed by atoms with van der Waals surface area (Å²) in [6.07, 6.45) is 0.789. The van der Waals surface area contributed by atoms with E-state index in [2.05, 4.69) is 19.2 Å². The third kappa shape index (κ3) is 2.87. The first-order valence-corrected chi connectivity index (χ1v) is 7.25. The molecule has 0 spiro atoms. The lowest BCUT2D eigenvalue weighted by atomic mass is 9.89. The topological polar surface area (TPSA) is 21.3 Å². The van der Waals surface area contributed by atoms with E-state index in [1.165, 1.54) is 0 Å². The summed E-state index contributed by atoms with van der Waals surface area (Å²) < 4.78 is 20.1. The first-order valence-electron chi connectivity index (χ1n) is 7.25. The van der Waals surface area contributed by atoms with Crippen LogP contribution in [0.15, 0.2) is 42.5 Å². The van der Waals surface area contributed by atoms with Gasteiger partial charge in [0.2, 0.25) is 0 Å². The summed E-state index contributed by atoms with van der Waals surface area (Å²) in [6.45, 7) is 6.01. The number of fused-ring (bicyclic) bond motifs is 1. The summed E-state index contributed by atoms with van der Waals surface area (Å²) in [5, 5.41) is 3.33. The molecule has 1 heterocycles. The Balaban J connectivity index is 1.94. The summed E-state index contributed by atoms with van der Waals surface area (Å²) in [7, 11) is 0. The van der Waals surface area contributed by atoms with Crippen LogP contribution in [-0.2, 0) is 0 Å². The van der Waals surface area contributed by atoms with E-state index in [9.17, 15) is 4.39 Å². The van der Waals surface area contributed by atoms with Crippen molar-refractivity contribution in [2.24, 2.45) is 0 Å². The molecule has 0 amide bonds. The van der Waals surface area contributed by atoms with E-state index in [0.717, 1.165) is 23.3 Å². The Kier molecular flexibility index (Phi) is 3.36. The van der Waals surface area contributed by atoms with Crippen LogP contribution in [0.4, 0.5) is 10.1 Å². The van der Waals surface area contributed by atoms with Crippen molar-refractivity contribution in [2.45, 2.75) is 38.8 Å². The molecule has 0 saturated carbocycles. The van der Waals surface area contributed by atoms with Gasteiger partial charge in [0.15, 0.2) is 0 Å². The summed E-state index contributed by atoms with van der Waals surface area (Å²) in [5.74, 6) is 0.663. The molecule has 1 atom stereocenters. The Morgan fingerprint density at radius 3 is 2.71 bits per heavy atom. The maximum Gasteiger partial charge on any atom is 0.146 e. The summed E-state index contributed by atoms with van der Waals surface area (Å²) >= 11 is 0. The van der Waals surface area contributed by atoms with Gasteiger partial charge >= 0.3 is 0 Å². The minimum atomic E-state index is -0.271. The van der Waals surface area contributed by atoms with Gasteiger partial charge in [-0.25, -0.2) is 4.39 Å². The van der Waals surface area contributed by atoms with Crippen LogP contribution in [0.25, 0.3) is 0 Å².